The quantitative estimate of drug-likeness (QED) is 0.429. The van der Waals surface area contributed by atoms with E-state index in [9.17, 15) is 4.79 Å². The molecule has 0 bridgehead atoms. The van der Waals surface area contributed by atoms with Gasteiger partial charge >= 0.3 is 6.03 Å². The van der Waals surface area contributed by atoms with Gasteiger partial charge in [-0.05, 0) is 51.6 Å². The Hall–Kier alpha value is -3.01. The number of carbonyl (C=O) groups is 1. The minimum Gasteiger partial charge on any atom is -0.348 e. The molecule has 1 aromatic heterocycles. The van der Waals surface area contributed by atoms with E-state index in [-0.39, 0.29) is 17.5 Å². The molecule has 0 radical (unpaired) electrons. The van der Waals surface area contributed by atoms with Crippen LogP contribution in [0.25, 0.3) is 0 Å². The summed E-state index contributed by atoms with van der Waals surface area (Å²) in [6, 6.07) is 19.2. The average molecular weight is 458 g/mol. The Bertz CT molecular complexity index is 1120. The normalized spacial score (nSPS) is 16.1. The summed E-state index contributed by atoms with van der Waals surface area (Å²) >= 11 is 0. The van der Waals surface area contributed by atoms with Gasteiger partial charge in [-0.2, -0.15) is 0 Å². The minimum atomic E-state index is -0.119. The molecule has 0 saturated carbocycles. The second-order valence-electron chi connectivity index (χ2n) is 11.1. The lowest BCUT2D eigenvalue weighted by molar-refractivity contribution is 0.181. The fraction of sp³-hybridized carbons (Fsp3) is 0.433. The van der Waals surface area contributed by atoms with Gasteiger partial charge in [-0.25, -0.2) is 4.79 Å². The van der Waals surface area contributed by atoms with E-state index in [1.807, 2.05) is 4.90 Å². The van der Waals surface area contributed by atoms with Gasteiger partial charge in [0.25, 0.3) is 0 Å². The van der Waals surface area contributed by atoms with Crippen LogP contribution in [0.15, 0.2) is 60.8 Å². The SMILES string of the molecule is CC(C)c1cccc(C(C)C)c1NC(=O)N1CCn2cccc2C1c1ccc(C(C)(C)C)cc1. The van der Waals surface area contributed by atoms with Gasteiger partial charge in [0, 0.05) is 30.7 Å². The standard InChI is InChI=1S/C30H39N3O/c1-20(2)24-10-8-11-25(21(3)4)27(24)31-29(34)33-19-18-32-17-9-12-26(32)28(33)22-13-15-23(16-14-22)30(5,6)7/h8-17,20-21,28H,18-19H2,1-7H3,(H,31,34). The maximum absolute atomic E-state index is 13.9. The third kappa shape index (κ3) is 4.64. The van der Waals surface area contributed by atoms with Gasteiger partial charge in [0.1, 0.15) is 0 Å². The van der Waals surface area contributed by atoms with Crippen molar-refractivity contribution in [2.45, 2.75) is 78.3 Å². The number of anilines is 1. The Labute approximate surface area is 205 Å². The van der Waals surface area contributed by atoms with Crippen molar-refractivity contribution in [3.63, 3.8) is 0 Å². The fourth-order valence-electron chi connectivity index (χ4n) is 4.99. The average Bonchev–Trinajstić information content (AvgIpc) is 3.26. The summed E-state index contributed by atoms with van der Waals surface area (Å²) in [6.07, 6.45) is 2.12. The number of para-hydroxylation sites is 1. The van der Waals surface area contributed by atoms with Gasteiger partial charge < -0.3 is 14.8 Å². The van der Waals surface area contributed by atoms with Crippen LogP contribution in [0.4, 0.5) is 10.5 Å². The lowest BCUT2D eigenvalue weighted by Crippen LogP contribution is -2.44. The van der Waals surface area contributed by atoms with E-state index in [4.69, 9.17) is 0 Å². The highest BCUT2D eigenvalue weighted by Crippen LogP contribution is 2.36. The monoisotopic (exact) mass is 457 g/mol. The van der Waals surface area contributed by atoms with Crippen LogP contribution < -0.4 is 5.32 Å². The molecule has 1 N–H and O–H groups in total. The third-order valence-corrected chi connectivity index (χ3v) is 7.00. The fourth-order valence-corrected chi connectivity index (χ4v) is 4.99. The number of urea groups is 1. The molecule has 1 unspecified atom stereocenters. The van der Waals surface area contributed by atoms with Gasteiger partial charge in [0.05, 0.1) is 6.04 Å². The first-order chi connectivity index (χ1) is 16.1. The van der Waals surface area contributed by atoms with Crippen molar-refractivity contribution in [2.75, 3.05) is 11.9 Å². The Morgan fingerprint density at radius 1 is 0.882 bits per heavy atom. The molecule has 1 atom stereocenters. The van der Waals surface area contributed by atoms with E-state index in [0.29, 0.717) is 18.4 Å². The highest BCUT2D eigenvalue weighted by atomic mass is 16.2. The van der Waals surface area contributed by atoms with E-state index in [1.54, 1.807) is 0 Å². The van der Waals surface area contributed by atoms with Crippen molar-refractivity contribution >= 4 is 11.7 Å². The number of nitrogens with zero attached hydrogens (tertiary/aromatic N) is 2. The number of fused-ring (bicyclic) bond motifs is 1. The van der Waals surface area contributed by atoms with E-state index in [1.165, 1.54) is 16.7 Å². The third-order valence-electron chi connectivity index (χ3n) is 7.00. The van der Waals surface area contributed by atoms with Crippen molar-refractivity contribution in [1.82, 2.24) is 9.47 Å². The summed E-state index contributed by atoms with van der Waals surface area (Å²) in [6.45, 7) is 16.9. The first-order valence-electron chi connectivity index (χ1n) is 12.5. The molecular formula is C30H39N3O. The Balaban J connectivity index is 1.72. The van der Waals surface area contributed by atoms with Gasteiger partial charge in [0.15, 0.2) is 0 Å². The summed E-state index contributed by atoms with van der Waals surface area (Å²) in [5, 5.41) is 3.35. The zero-order valence-corrected chi connectivity index (χ0v) is 21.7. The van der Waals surface area contributed by atoms with E-state index >= 15 is 0 Å². The predicted molar refractivity (Wildman–Crippen MR) is 142 cm³/mol. The number of aromatic nitrogens is 1. The van der Waals surface area contributed by atoms with Crippen molar-refractivity contribution < 1.29 is 4.79 Å². The summed E-state index contributed by atoms with van der Waals surface area (Å²) in [7, 11) is 0. The summed E-state index contributed by atoms with van der Waals surface area (Å²) in [5.41, 5.74) is 7.04. The highest BCUT2D eigenvalue weighted by molar-refractivity contribution is 5.92. The van der Waals surface area contributed by atoms with E-state index in [2.05, 4.69) is 119 Å². The molecule has 0 aliphatic carbocycles. The van der Waals surface area contributed by atoms with E-state index < -0.39 is 0 Å². The van der Waals surface area contributed by atoms with Crippen molar-refractivity contribution in [3.05, 3.63) is 88.7 Å². The molecule has 2 aromatic carbocycles. The molecule has 34 heavy (non-hydrogen) atoms. The van der Waals surface area contributed by atoms with Crippen LogP contribution in [0.1, 0.15) is 94.3 Å². The maximum Gasteiger partial charge on any atom is 0.322 e. The van der Waals surface area contributed by atoms with Gasteiger partial charge in [-0.1, -0.05) is 90.9 Å². The number of amides is 2. The van der Waals surface area contributed by atoms with Gasteiger partial charge in [-0.15, -0.1) is 0 Å². The molecule has 4 nitrogen and oxygen atoms in total. The zero-order chi connectivity index (χ0) is 24.6. The van der Waals surface area contributed by atoms with Crippen LogP contribution in [0.5, 0.6) is 0 Å². The zero-order valence-electron chi connectivity index (χ0n) is 21.7. The Morgan fingerprint density at radius 3 is 2.06 bits per heavy atom. The lowest BCUT2D eigenvalue weighted by atomic mass is 9.86. The van der Waals surface area contributed by atoms with Crippen LogP contribution in [-0.4, -0.2) is 22.0 Å². The number of carbonyl (C=O) groups excluding carboxylic acids is 1. The smallest absolute Gasteiger partial charge is 0.322 e. The Kier molecular flexibility index (Phi) is 6.62. The van der Waals surface area contributed by atoms with Crippen molar-refractivity contribution in [3.8, 4) is 0 Å². The number of benzene rings is 2. The summed E-state index contributed by atoms with van der Waals surface area (Å²) < 4.78 is 2.27. The molecule has 4 rings (SSSR count). The molecule has 2 heterocycles. The van der Waals surface area contributed by atoms with Crippen LogP contribution in [0.3, 0.4) is 0 Å². The molecule has 0 fully saturated rings. The number of nitrogens with one attached hydrogen (secondary N) is 1. The lowest BCUT2D eigenvalue weighted by Gasteiger charge is -2.38. The van der Waals surface area contributed by atoms with Crippen molar-refractivity contribution in [2.24, 2.45) is 0 Å². The number of hydrogen-bond donors (Lipinski definition) is 1. The van der Waals surface area contributed by atoms with Gasteiger partial charge in [-0.3, -0.25) is 0 Å². The first-order valence-corrected chi connectivity index (χ1v) is 12.5. The molecule has 1 aliphatic heterocycles. The highest BCUT2D eigenvalue weighted by Gasteiger charge is 2.33. The predicted octanol–water partition coefficient (Wildman–Crippen LogP) is 7.67. The van der Waals surface area contributed by atoms with Crippen LogP contribution in [-0.2, 0) is 12.0 Å². The largest absolute Gasteiger partial charge is 0.348 e. The second kappa shape index (κ2) is 9.32. The molecule has 2 amide bonds. The van der Waals surface area contributed by atoms with Crippen LogP contribution in [0, 0.1) is 0 Å². The molecule has 0 spiro atoms. The van der Waals surface area contributed by atoms with E-state index in [0.717, 1.165) is 23.5 Å². The van der Waals surface area contributed by atoms with Gasteiger partial charge in [0.2, 0.25) is 0 Å². The second-order valence-corrected chi connectivity index (χ2v) is 11.1. The summed E-state index contributed by atoms with van der Waals surface area (Å²) in [4.78, 5) is 15.9. The Morgan fingerprint density at radius 2 is 1.50 bits per heavy atom. The number of hydrogen-bond acceptors (Lipinski definition) is 1. The van der Waals surface area contributed by atoms with Crippen LogP contribution >= 0.6 is 0 Å². The van der Waals surface area contributed by atoms with Crippen LogP contribution in [0.2, 0.25) is 0 Å². The molecule has 4 heteroatoms. The maximum atomic E-state index is 13.9. The summed E-state index contributed by atoms with van der Waals surface area (Å²) in [5.74, 6) is 0.654. The van der Waals surface area contributed by atoms with Crippen molar-refractivity contribution in [1.29, 1.82) is 0 Å². The minimum absolute atomic E-state index is 0.0349. The number of rotatable bonds is 4. The molecule has 0 saturated heterocycles. The molecular weight excluding hydrogens is 418 g/mol. The first kappa shape index (κ1) is 24.1. The molecule has 3 aromatic rings. The molecule has 1 aliphatic rings. The molecule has 180 valence electrons. The topological polar surface area (TPSA) is 37.3 Å².